The summed E-state index contributed by atoms with van der Waals surface area (Å²) in [4.78, 5) is 12.7. The third kappa shape index (κ3) is 4.65. The maximum Gasteiger partial charge on any atom is 0.234 e. The van der Waals surface area contributed by atoms with Gasteiger partial charge in [-0.2, -0.15) is 0 Å². The zero-order valence-corrected chi connectivity index (χ0v) is 15.0. The molecule has 0 bridgehead atoms. The van der Waals surface area contributed by atoms with Gasteiger partial charge in [0.05, 0.1) is 15.8 Å². The number of carbonyl (C=O) groups is 1. The summed E-state index contributed by atoms with van der Waals surface area (Å²) in [6.07, 6.45) is 0. The van der Waals surface area contributed by atoms with Crippen molar-refractivity contribution in [2.75, 3.05) is 11.1 Å². The van der Waals surface area contributed by atoms with E-state index in [1.807, 2.05) is 25.1 Å². The molecule has 1 N–H and O–H groups in total. The predicted octanol–water partition coefficient (Wildman–Crippen LogP) is 5.80. The van der Waals surface area contributed by atoms with Crippen LogP contribution in [-0.4, -0.2) is 11.7 Å². The highest BCUT2D eigenvalue weighted by atomic mass is 79.9. The largest absolute Gasteiger partial charge is 0.325 e. The molecule has 0 atom stereocenters. The molecule has 0 radical (unpaired) electrons. The first-order chi connectivity index (χ1) is 9.97. The third-order valence-electron chi connectivity index (χ3n) is 2.72. The molecule has 0 spiro atoms. The van der Waals surface area contributed by atoms with Crippen molar-refractivity contribution < 1.29 is 4.79 Å². The van der Waals surface area contributed by atoms with Gasteiger partial charge >= 0.3 is 0 Å². The Kier molecular flexibility index (Phi) is 5.99. The first-order valence-corrected chi connectivity index (χ1v) is 8.63. The van der Waals surface area contributed by atoms with Gasteiger partial charge in [-0.05, 0) is 36.8 Å². The average molecular weight is 405 g/mol. The third-order valence-corrected chi connectivity index (χ3v) is 5.57. The van der Waals surface area contributed by atoms with E-state index in [0.717, 1.165) is 20.6 Å². The summed E-state index contributed by atoms with van der Waals surface area (Å²) in [5.74, 6) is 0.140. The van der Waals surface area contributed by atoms with Crippen molar-refractivity contribution in [2.45, 2.75) is 11.8 Å². The highest BCUT2D eigenvalue weighted by Crippen LogP contribution is 2.33. The van der Waals surface area contributed by atoms with Crippen molar-refractivity contribution in [1.29, 1.82) is 0 Å². The second-order valence-corrected chi connectivity index (χ2v) is 7.01. The SMILES string of the molecule is Cc1ccc(NC(=O)CSc2c(Cl)cccc2Cl)cc1Br. The summed E-state index contributed by atoms with van der Waals surface area (Å²) in [6.45, 7) is 1.99. The number of rotatable bonds is 4. The predicted molar refractivity (Wildman–Crippen MR) is 94.7 cm³/mol. The van der Waals surface area contributed by atoms with Crippen LogP contribution in [0.5, 0.6) is 0 Å². The zero-order valence-electron chi connectivity index (χ0n) is 11.1. The number of anilines is 1. The van der Waals surface area contributed by atoms with Crippen molar-refractivity contribution in [3.05, 3.63) is 56.5 Å². The molecular formula is C15H12BrCl2NOS. The molecular weight excluding hydrogens is 393 g/mol. The van der Waals surface area contributed by atoms with E-state index in [9.17, 15) is 4.79 Å². The van der Waals surface area contributed by atoms with Crippen LogP contribution < -0.4 is 5.32 Å². The maximum absolute atomic E-state index is 12.0. The Bertz CT molecular complexity index is 658. The van der Waals surface area contributed by atoms with Gasteiger partial charge in [0.1, 0.15) is 0 Å². The number of nitrogens with one attached hydrogen (secondary N) is 1. The normalized spacial score (nSPS) is 10.5. The summed E-state index contributed by atoms with van der Waals surface area (Å²) < 4.78 is 0.960. The first-order valence-electron chi connectivity index (χ1n) is 6.10. The number of halogens is 3. The smallest absolute Gasteiger partial charge is 0.234 e. The van der Waals surface area contributed by atoms with Crippen molar-refractivity contribution in [3.8, 4) is 0 Å². The number of hydrogen-bond acceptors (Lipinski definition) is 2. The van der Waals surface area contributed by atoms with Crippen LogP contribution in [0.2, 0.25) is 10.0 Å². The van der Waals surface area contributed by atoms with Crippen LogP contribution in [0.15, 0.2) is 45.8 Å². The fourth-order valence-electron chi connectivity index (χ4n) is 1.63. The molecule has 2 nitrogen and oxygen atoms in total. The Labute approximate surface area is 146 Å². The minimum Gasteiger partial charge on any atom is -0.325 e. The summed E-state index contributed by atoms with van der Waals surface area (Å²) >= 11 is 16.9. The molecule has 0 heterocycles. The number of carbonyl (C=O) groups excluding carboxylic acids is 1. The fraction of sp³-hybridized carbons (Fsp3) is 0.133. The molecule has 0 aliphatic carbocycles. The van der Waals surface area contributed by atoms with Gasteiger partial charge in [-0.3, -0.25) is 4.79 Å². The van der Waals surface area contributed by atoms with Gasteiger partial charge in [0, 0.05) is 15.1 Å². The summed E-state index contributed by atoms with van der Waals surface area (Å²) in [7, 11) is 0. The van der Waals surface area contributed by atoms with E-state index in [1.54, 1.807) is 18.2 Å². The van der Waals surface area contributed by atoms with E-state index < -0.39 is 0 Å². The number of hydrogen-bond donors (Lipinski definition) is 1. The van der Waals surface area contributed by atoms with E-state index >= 15 is 0 Å². The molecule has 2 aromatic rings. The quantitative estimate of drug-likeness (QED) is 0.652. The molecule has 2 rings (SSSR count). The Balaban J connectivity index is 1.97. The van der Waals surface area contributed by atoms with Crippen molar-refractivity contribution in [1.82, 2.24) is 0 Å². The van der Waals surface area contributed by atoms with E-state index in [4.69, 9.17) is 23.2 Å². The van der Waals surface area contributed by atoms with Crippen LogP contribution in [0, 0.1) is 6.92 Å². The van der Waals surface area contributed by atoms with E-state index in [2.05, 4.69) is 21.2 Å². The van der Waals surface area contributed by atoms with Crippen LogP contribution in [-0.2, 0) is 4.79 Å². The first kappa shape index (κ1) is 16.7. The zero-order chi connectivity index (χ0) is 15.4. The fourth-order valence-corrected chi connectivity index (χ4v) is 3.49. The van der Waals surface area contributed by atoms with Gasteiger partial charge < -0.3 is 5.32 Å². The number of amides is 1. The molecule has 0 fully saturated rings. The lowest BCUT2D eigenvalue weighted by Crippen LogP contribution is -2.14. The van der Waals surface area contributed by atoms with Gasteiger partial charge in [-0.15, -0.1) is 11.8 Å². The van der Waals surface area contributed by atoms with E-state index in [-0.39, 0.29) is 11.7 Å². The number of aryl methyl sites for hydroxylation is 1. The number of benzene rings is 2. The molecule has 21 heavy (non-hydrogen) atoms. The van der Waals surface area contributed by atoms with E-state index in [1.165, 1.54) is 11.8 Å². The summed E-state index contributed by atoms with van der Waals surface area (Å²) in [6, 6.07) is 11.0. The maximum atomic E-state index is 12.0. The molecule has 110 valence electrons. The van der Waals surface area contributed by atoms with Gasteiger partial charge in [0.15, 0.2) is 0 Å². The standard InChI is InChI=1S/C15H12BrCl2NOS/c1-9-5-6-10(7-11(9)16)19-14(20)8-21-15-12(17)3-2-4-13(15)18/h2-7H,8H2,1H3,(H,19,20). The van der Waals surface area contributed by atoms with Crippen LogP contribution in [0.4, 0.5) is 5.69 Å². The lowest BCUT2D eigenvalue weighted by molar-refractivity contribution is -0.113. The number of thioether (sulfide) groups is 1. The van der Waals surface area contributed by atoms with Crippen LogP contribution in [0.3, 0.4) is 0 Å². The lowest BCUT2D eigenvalue weighted by atomic mass is 10.2. The minimum absolute atomic E-state index is 0.105. The second-order valence-electron chi connectivity index (χ2n) is 4.35. The Hall–Kier alpha value is -0.680. The average Bonchev–Trinajstić information content (AvgIpc) is 2.42. The topological polar surface area (TPSA) is 29.1 Å². The molecule has 0 aliphatic rings. The molecule has 0 aliphatic heterocycles. The monoisotopic (exact) mass is 403 g/mol. The molecule has 0 aromatic heterocycles. The van der Waals surface area contributed by atoms with Crippen molar-refractivity contribution in [3.63, 3.8) is 0 Å². The Morgan fingerprint density at radius 2 is 1.90 bits per heavy atom. The van der Waals surface area contributed by atoms with Gasteiger partial charge in [-0.1, -0.05) is 51.3 Å². The molecule has 0 saturated heterocycles. The van der Waals surface area contributed by atoms with Crippen LogP contribution >= 0.6 is 50.9 Å². The molecule has 1 amide bonds. The van der Waals surface area contributed by atoms with Gasteiger partial charge in [-0.25, -0.2) is 0 Å². The Morgan fingerprint density at radius 3 is 2.52 bits per heavy atom. The summed E-state index contributed by atoms with van der Waals surface area (Å²) in [5, 5.41) is 3.95. The van der Waals surface area contributed by atoms with Gasteiger partial charge in [0.25, 0.3) is 0 Å². The molecule has 2 aromatic carbocycles. The van der Waals surface area contributed by atoms with Crippen molar-refractivity contribution >= 4 is 62.5 Å². The highest BCUT2D eigenvalue weighted by Gasteiger charge is 2.10. The summed E-state index contributed by atoms with van der Waals surface area (Å²) in [5.41, 5.74) is 1.87. The van der Waals surface area contributed by atoms with Crippen molar-refractivity contribution in [2.24, 2.45) is 0 Å². The molecule has 0 unspecified atom stereocenters. The second kappa shape index (κ2) is 7.54. The lowest BCUT2D eigenvalue weighted by Gasteiger charge is -2.08. The van der Waals surface area contributed by atoms with Crippen LogP contribution in [0.25, 0.3) is 0 Å². The Morgan fingerprint density at radius 1 is 1.24 bits per heavy atom. The van der Waals surface area contributed by atoms with E-state index in [0.29, 0.717) is 10.0 Å². The molecule has 6 heteroatoms. The minimum atomic E-state index is -0.105. The molecule has 0 saturated carbocycles. The highest BCUT2D eigenvalue weighted by molar-refractivity contribution is 9.10. The van der Waals surface area contributed by atoms with Gasteiger partial charge in [0.2, 0.25) is 5.91 Å². The van der Waals surface area contributed by atoms with Crippen LogP contribution in [0.1, 0.15) is 5.56 Å².